The van der Waals surface area contributed by atoms with Gasteiger partial charge in [0.15, 0.2) is 0 Å². The second kappa shape index (κ2) is 10.7. The molecule has 2 aromatic rings. The van der Waals surface area contributed by atoms with E-state index in [4.69, 9.17) is 14.6 Å². The molecular formula is C26H30N2O6. The third kappa shape index (κ3) is 5.22. The second-order valence-corrected chi connectivity index (χ2v) is 8.78. The van der Waals surface area contributed by atoms with Gasteiger partial charge in [0, 0.05) is 12.5 Å². The summed E-state index contributed by atoms with van der Waals surface area (Å²) in [5.74, 6) is -1.84. The summed E-state index contributed by atoms with van der Waals surface area (Å²) in [4.78, 5) is 36.3. The van der Waals surface area contributed by atoms with Crippen LogP contribution in [0.2, 0.25) is 0 Å². The molecule has 1 fully saturated rings. The van der Waals surface area contributed by atoms with E-state index in [0.29, 0.717) is 19.3 Å². The molecular weight excluding hydrogens is 436 g/mol. The number of carbonyl (C=O) groups is 3. The molecule has 2 amide bonds. The molecule has 2 aromatic carbocycles. The minimum absolute atomic E-state index is 0.0571. The van der Waals surface area contributed by atoms with Crippen LogP contribution in [0.1, 0.15) is 43.2 Å². The highest BCUT2D eigenvalue weighted by Crippen LogP contribution is 2.44. The molecule has 1 heterocycles. The first-order valence-electron chi connectivity index (χ1n) is 11.7. The van der Waals surface area contributed by atoms with Gasteiger partial charge in [-0.2, -0.15) is 0 Å². The van der Waals surface area contributed by atoms with E-state index in [1.54, 1.807) is 0 Å². The number of hydrogen-bond acceptors (Lipinski definition) is 5. The Morgan fingerprint density at radius 2 is 1.74 bits per heavy atom. The monoisotopic (exact) mass is 466 g/mol. The smallest absolute Gasteiger partial charge is 0.407 e. The maximum Gasteiger partial charge on any atom is 0.407 e. The molecule has 1 aliphatic carbocycles. The zero-order valence-electron chi connectivity index (χ0n) is 19.2. The van der Waals surface area contributed by atoms with Crippen LogP contribution in [0.15, 0.2) is 48.5 Å². The SMILES string of the molecule is CCC[C@@H](NC(=O)OCC1c2ccccc2-c2ccccc21)C(=O)NC[C@H]1C[C@@H](C(=O)O)CO1. The molecule has 2 aliphatic rings. The number of carboxylic acids is 1. The van der Waals surface area contributed by atoms with Crippen LogP contribution in [-0.4, -0.2) is 55.0 Å². The van der Waals surface area contributed by atoms with E-state index >= 15 is 0 Å². The standard InChI is InChI=1S/C26H30N2O6/c1-2-7-23(24(29)27-13-17-12-16(14-33-17)25(30)31)28-26(32)34-15-22-20-10-5-3-8-18(20)19-9-4-6-11-21(19)22/h3-6,8-11,16-17,22-23H,2,7,12-15H2,1H3,(H,27,29)(H,28,32)(H,30,31)/t16-,17-,23-/m1/s1. The van der Waals surface area contributed by atoms with E-state index in [-0.39, 0.29) is 37.7 Å². The molecule has 1 saturated heterocycles. The lowest BCUT2D eigenvalue weighted by atomic mass is 9.98. The third-order valence-electron chi connectivity index (χ3n) is 6.46. The van der Waals surface area contributed by atoms with Gasteiger partial charge in [-0.15, -0.1) is 0 Å². The molecule has 3 atom stereocenters. The summed E-state index contributed by atoms with van der Waals surface area (Å²) in [6, 6.07) is 15.5. The Bertz CT molecular complexity index is 1010. The van der Waals surface area contributed by atoms with Crippen molar-refractivity contribution in [2.45, 2.75) is 44.2 Å². The lowest BCUT2D eigenvalue weighted by molar-refractivity contribution is -0.141. The number of fused-ring (bicyclic) bond motifs is 3. The number of benzene rings is 2. The molecule has 0 spiro atoms. The van der Waals surface area contributed by atoms with Gasteiger partial charge in [-0.25, -0.2) is 4.79 Å². The summed E-state index contributed by atoms with van der Waals surface area (Å²) < 4.78 is 11.0. The number of nitrogens with one attached hydrogen (secondary N) is 2. The number of ether oxygens (including phenoxy) is 2. The summed E-state index contributed by atoms with van der Waals surface area (Å²) in [5.41, 5.74) is 4.54. The lowest BCUT2D eigenvalue weighted by Crippen LogP contribution is -2.48. The van der Waals surface area contributed by atoms with Gasteiger partial charge in [0.2, 0.25) is 5.91 Å². The summed E-state index contributed by atoms with van der Waals surface area (Å²) >= 11 is 0. The van der Waals surface area contributed by atoms with Crippen LogP contribution >= 0.6 is 0 Å². The fraction of sp³-hybridized carbons (Fsp3) is 0.423. The van der Waals surface area contributed by atoms with Crippen LogP contribution in [-0.2, 0) is 19.1 Å². The molecule has 0 aromatic heterocycles. The zero-order chi connectivity index (χ0) is 24.1. The minimum atomic E-state index is -0.894. The molecule has 4 rings (SSSR count). The van der Waals surface area contributed by atoms with E-state index in [2.05, 4.69) is 34.9 Å². The quantitative estimate of drug-likeness (QED) is 0.523. The van der Waals surface area contributed by atoms with E-state index in [0.717, 1.165) is 22.3 Å². The van der Waals surface area contributed by atoms with Crippen LogP contribution in [0.25, 0.3) is 11.1 Å². The highest BCUT2D eigenvalue weighted by molar-refractivity contribution is 5.85. The number of amides is 2. The normalized spacial score (nSPS) is 19.7. The Morgan fingerprint density at radius 1 is 1.09 bits per heavy atom. The van der Waals surface area contributed by atoms with Crippen LogP contribution in [0.3, 0.4) is 0 Å². The number of aliphatic carboxylic acids is 1. The van der Waals surface area contributed by atoms with Crippen molar-refractivity contribution >= 4 is 18.0 Å². The lowest BCUT2D eigenvalue weighted by Gasteiger charge is -2.20. The van der Waals surface area contributed by atoms with Crippen LogP contribution in [0, 0.1) is 5.92 Å². The average Bonchev–Trinajstić information content (AvgIpc) is 3.44. The van der Waals surface area contributed by atoms with E-state index in [9.17, 15) is 14.4 Å². The van der Waals surface area contributed by atoms with Gasteiger partial charge in [-0.05, 0) is 35.1 Å². The maximum absolute atomic E-state index is 12.7. The molecule has 0 bridgehead atoms. The second-order valence-electron chi connectivity index (χ2n) is 8.78. The molecule has 1 aliphatic heterocycles. The summed E-state index contributed by atoms with van der Waals surface area (Å²) in [5, 5.41) is 14.5. The van der Waals surface area contributed by atoms with E-state index in [1.807, 2.05) is 31.2 Å². The van der Waals surface area contributed by atoms with Gasteiger partial charge in [0.1, 0.15) is 12.6 Å². The number of rotatable bonds is 9. The Hall–Kier alpha value is -3.39. The minimum Gasteiger partial charge on any atom is -0.481 e. The number of hydrogen-bond donors (Lipinski definition) is 3. The molecule has 34 heavy (non-hydrogen) atoms. The molecule has 8 nitrogen and oxygen atoms in total. The van der Waals surface area contributed by atoms with Gasteiger partial charge in [-0.3, -0.25) is 9.59 Å². The summed E-state index contributed by atoms with van der Waals surface area (Å²) in [6.45, 7) is 2.45. The Morgan fingerprint density at radius 3 is 2.32 bits per heavy atom. The number of carboxylic acid groups (broad SMARTS) is 1. The van der Waals surface area contributed by atoms with E-state index in [1.165, 1.54) is 0 Å². The van der Waals surface area contributed by atoms with Gasteiger partial charge in [0.25, 0.3) is 0 Å². The predicted octanol–water partition coefficient (Wildman–Crippen LogP) is 3.30. The molecule has 0 radical (unpaired) electrons. The molecule has 0 saturated carbocycles. The van der Waals surface area contributed by atoms with Crippen molar-refractivity contribution in [3.05, 3.63) is 59.7 Å². The number of carbonyl (C=O) groups excluding carboxylic acids is 2. The molecule has 3 N–H and O–H groups in total. The Labute approximate surface area is 198 Å². The highest BCUT2D eigenvalue weighted by atomic mass is 16.5. The van der Waals surface area contributed by atoms with Gasteiger partial charge < -0.3 is 25.2 Å². The van der Waals surface area contributed by atoms with Crippen molar-refractivity contribution in [1.82, 2.24) is 10.6 Å². The summed E-state index contributed by atoms with van der Waals surface area (Å²) in [6.07, 6.45) is 0.524. The number of alkyl carbamates (subject to hydrolysis) is 1. The first-order chi connectivity index (χ1) is 16.5. The molecule has 180 valence electrons. The molecule has 0 unspecified atom stereocenters. The fourth-order valence-corrected chi connectivity index (χ4v) is 4.70. The van der Waals surface area contributed by atoms with Crippen molar-refractivity contribution < 1.29 is 29.0 Å². The van der Waals surface area contributed by atoms with Gasteiger partial charge >= 0.3 is 12.1 Å². The van der Waals surface area contributed by atoms with Crippen molar-refractivity contribution in [1.29, 1.82) is 0 Å². The molecule has 8 heteroatoms. The Kier molecular flexibility index (Phi) is 7.47. The third-order valence-corrected chi connectivity index (χ3v) is 6.46. The fourth-order valence-electron chi connectivity index (χ4n) is 4.70. The van der Waals surface area contributed by atoms with Crippen LogP contribution in [0.4, 0.5) is 4.79 Å². The van der Waals surface area contributed by atoms with Crippen molar-refractivity contribution in [3.8, 4) is 11.1 Å². The first-order valence-corrected chi connectivity index (χ1v) is 11.7. The van der Waals surface area contributed by atoms with Crippen molar-refractivity contribution in [2.75, 3.05) is 19.8 Å². The zero-order valence-corrected chi connectivity index (χ0v) is 19.2. The summed E-state index contributed by atoms with van der Waals surface area (Å²) in [7, 11) is 0. The maximum atomic E-state index is 12.7. The van der Waals surface area contributed by atoms with E-state index < -0.39 is 24.0 Å². The first kappa shape index (κ1) is 23.8. The predicted molar refractivity (Wildman–Crippen MR) is 125 cm³/mol. The van der Waals surface area contributed by atoms with Crippen LogP contribution in [0.5, 0.6) is 0 Å². The van der Waals surface area contributed by atoms with Crippen molar-refractivity contribution in [2.24, 2.45) is 5.92 Å². The van der Waals surface area contributed by atoms with Gasteiger partial charge in [0.05, 0.1) is 18.6 Å². The Balaban J connectivity index is 1.31. The van der Waals surface area contributed by atoms with Crippen LogP contribution < -0.4 is 10.6 Å². The average molecular weight is 467 g/mol. The van der Waals surface area contributed by atoms with Crippen molar-refractivity contribution in [3.63, 3.8) is 0 Å². The largest absolute Gasteiger partial charge is 0.481 e. The van der Waals surface area contributed by atoms with Gasteiger partial charge in [-0.1, -0.05) is 61.9 Å². The highest BCUT2D eigenvalue weighted by Gasteiger charge is 2.32. The topological polar surface area (TPSA) is 114 Å².